The van der Waals surface area contributed by atoms with Gasteiger partial charge in [-0.25, -0.2) is 4.68 Å². The van der Waals surface area contributed by atoms with Crippen LogP contribution in [-0.4, -0.2) is 22.3 Å². The molecule has 140 valence electrons. The molecule has 1 heterocycles. The first-order chi connectivity index (χ1) is 12.8. The number of halogens is 3. The average Bonchev–Trinajstić information content (AvgIpc) is 2.90. The third kappa shape index (κ3) is 4.33. The fourth-order valence-corrected chi connectivity index (χ4v) is 3.01. The van der Waals surface area contributed by atoms with E-state index in [-0.39, 0.29) is 11.7 Å². The van der Waals surface area contributed by atoms with Crippen molar-refractivity contribution in [3.05, 3.63) is 70.0 Å². The van der Waals surface area contributed by atoms with Gasteiger partial charge in [0.1, 0.15) is 5.75 Å². The molecule has 0 radical (unpaired) electrons. The van der Waals surface area contributed by atoms with E-state index in [2.05, 4.69) is 31.1 Å². The SMILES string of the molecule is Cc1nn(-c2ccc(Br)cc2)c(C)c1C(=O)Nc1cccc(OC(F)F)c1. The van der Waals surface area contributed by atoms with Crippen molar-refractivity contribution in [2.24, 2.45) is 0 Å². The zero-order chi connectivity index (χ0) is 19.6. The topological polar surface area (TPSA) is 56.2 Å². The minimum Gasteiger partial charge on any atom is -0.435 e. The Morgan fingerprint density at radius 2 is 1.89 bits per heavy atom. The number of hydrogen-bond acceptors (Lipinski definition) is 3. The summed E-state index contributed by atoms with van der Waals surface area (Å²) in [6, 6.07) is 13.4. The first-order valence-electron chi connectivity index (χ1n) is 8.03. The number of rotatable bonds is 5. The summed E-state index contributed by atoms with van der Waals surface area (Å²) in [5.41, 5.74) is 2.84. The molecule has 0 aliphatic heterocycles. The molecule has 1 amide bonds. The van der Waals surface area contributed by atoms with Crippen molar-refractivity contribution in [1.29, 1.82) is 0 Å². The van der Waals surface area contributed by atoms with Crippen LogP contribution in [0.2, 0.25) is 0 Å². The van der Waals surface area contributed by atoms with Gasteiger partial charge < -0.3 is 10.1 Å². The van der Waals surface area contributed by atoms with Crippen LogP contribution in [0.3, 0.4) is 0 Å². The van der Waals surface area contributed by atoms with Crippen LogP contribution in [0.1, 0.15) is 21.7 Å². The Morgan fingerprint density at radius 1 is 1.19 bits per heavy atom. The summed E-state index contributed by atoms with van der Waals surface area (Å²) in [7, 11) is 0. The van der Waals surface area contributed by atoms with Gasteiger partial charge in [0.2, 0.25) is 0 Å². The molecule has 1 N–H and O–H groups in total. The van der Waals surface area contributed by atoms with Gasteiger partial charge >= 0.3 is 6.61 Å². The lowest BCUT2D eigenvalue weighted by Gasteiger charge is -2.09. The molecule has 0 atom stereocenters. The summed E-state index contributed by atoms with van der Waals surface area (Å²) >= 11 is 3.39. The highest BCUT2D eigenvalue weighted by molar-refractivity contribution is 9.10. The second-order valence-corrected chi connectivity index (χ2v) is 6.71. The predicted octanol–water partition coefficient (Wildman–Crippen LogP) is 5.11. The molecule has 3 aromatic rings. The van der Waals surface area contributed by atoms with Crippen molar-refractivity contribution in [2.45, 2.75) is 20.5 Å². The van der Waals surface area contributed by atoms with Crippen molar-refractivity contribution in [3.8, 4) is 11.4 Å². The van der Waals surface area contributed by atoms with Gasteiger partial charge in [-0.1, -0.05) is 22.0 Å². The molecule has 0 bridgehead atoms. The molecule has 0 aliphatic carbocycles. The number of alkyl halides is 2. The standard InChI is InChI=1S/C19H16BrF2N3O2/c1-11-17(12(2)25(24-11)15-8-6-13(20)7-9-15)18(26)23-14-4-3-5-16(10-14)27-19(21)22/h3-10,19H,1-2H3,(H,23,26). The van der Waals surface area contributed by atoms with Gasteiger partial charge in [0.25, 0.3) is 5.91 Å². The quantitative estimate of drug-likeness (QED) is 0.605. The van der Waals surface area contributed by atoms with Crippen LogP contribution in [0, 0.1) is 13.8 Å². The van der Waals surface area contributed by atoms with Gasteiger partial charge in [-0.15, -0.1) is 0 Å². The highest BCUT2D eigenvalue weighted by Crippen LogP contribution is 2.23. The molecule has 3 rings (SSSR count). The van der Waals surface area contributed by atoms with Crippen LogP contribution < -0.4 is 10.1 Å². The van der Waals surface area contributed by atoms with Crippen molar-refractivity contribution in [1.82, 2.24) is 9.78 Å². The zero-order valence-corrected chi connectivity index (χ0v) is 16.1. The zero-order valence-electron chi connectivity index (χ0n) is 14.5. The van der Waals surface area contributed by atoms with E-state index in [0.717, 1.165) is 10.2 Å². The minimum absolute atomic E-state index is 0.0261. The number of carbonyl (C=O) groups excluding carboxylic acids is 1. The Balaban J connectivity index is 1.86. The summed E-state index contributed by atoms with van der Waals surface area (Å²) < 4.78 is 31.7. The molecule has 8 heteroatoms. The molecular weight excluding hydrogens is 420 g/mol. The molecule has 27 heavy (non-hydrogen) atoms. The molecule has 0 unspecified atom stereocenters. The number of aryl methyl sites for hydroxylation is 1. The second kappa shape index (κ2) is 7.87. The van der Waals surface area contributed by atoms with Gasteiger partial charge in [-0.3, -0.25) is 4.79 Å². The lowest BCUT2D eigenvalue weighted by molar-refractivity contribution is -0.0497. The maximum absolute atomic E-state index is 12.7. The van der Waals surface area contributed by atoms with Crippen molar-refractivity contribution in [3.63, 3.8) is 0 Å². The normalized spacial score (nSPS) is 10.9. The van der Waals surface area contributed by atoms with E-state index in [1.165, 1.54) is 18.2 Å². The van der Waals surface area contributed by atoms with E-state index in [0.29, 0.717) is 22.6 Å². The van der Waals surface area contributed by atoms with Gasteiger partial charge in [0.15, 0.2) is 0 Å². The lowest BCUT2D eigenvalue weighted by atomic mass is 10.1. The van der Waals surface area contributed by atoms with Crippen LogP contribution >= 0.6 is 15.9 Å². The number of benzene rings is 2. The first-order valence-corrected chi connectivity index (χ1v) is 8.83. The summed E-state index contributed by atoms with van der Waals surface area (Å²) in [6.45, 7) is 0.616. The Labute approximate surface area is 163 Å². The molecule has 0 fully saturated rings. The van der Waals surface area contributed by atoms with Gasteiger partial charge in [0, 0.05) is 16.2 Å². The fourth-order valence-electron chi connectivity index (χ4n) is 2.75. The number of amides is 1. The van der Waals surface area contributed by atoms with E-state index in [4.69, 9.17) is 0 Å². The van der Waals surface area contributed by atoms with Crippen molar-refractivity contribution >= 4 is 27.5 Å². The van der Waals surface area contributed by atoms with Crippen LogP contribution in [0.25, 0.3) is 5.69 Å². The third-order valence-corrected chi connectivity index (χ3v) is 4.44. The Kier molecular flexibility index (Phi) is 5.55. The number of hydrogen-bond donors (Lipinski definition) is 1. The van der Waals surface area contributed by atoms with Gasteiger partial charge in [-0.2, -0.15) is 13.9 Å². The van der Waals surface area contributed by atoms with Gasteiger partial charge in [0.05, 0.1) is 22.6 Å². The highest BCUT2D eigenvalue weighted by Gasteiger charge is 2.20. The molecule has 1 aromatic heterocycles. The van der Waals surface area contributed by atoms with E-state index < -0.39 is 6.61 Å². The first kappa shape index (κ1) is 19.0. The number of aromatic nitrogens is 2. The maximum Gasteiger partial charge on any atom is 0.387 e. The van der Waals surface area contributed by atoms with E-state index in [1.807, 2.05) is 24.3 Å². The average molecular weight is 436 g/mol. The molecule has 0 spiro atoms. The van der Waals surface area contributed by atoms with Crippen LogP contribution in [0.5, 0.6) is 5.75 Å². The van der Waals surface area contributed by atoms with Crippen LogP contribution in [0.4, 0.5) is 14.5 Å². The number of carbonyl (C=O) groups is 1. The third-order valence-electron chi connectivity index (χ3n) is 3.91. The number of anilines is 1. The number of nitrogens with one attached hydrogen (secondary N) is 1. The summed E-state index contributed by atoms with van der Waals surface area (Å²) in [5, 5.41) is 7.15. The smallest absolute Gasteiger partial charge is 0.387 e. The van der Waals surface area contributed by atoms with Crippen LogP contribution in [-0.2, 0) is 0 Å². The molecule has 0 saturated heterocycles. The second-order valence-electron chi connectivity index (χ2n) is 5.79. The van der Waals surface area contributed by atoms with Gasteiger partial charge in [-0.05, 0) is 50.2 Å². The lowest BCUT2D eigenvalue weighted by Crippen LogP contribution is -2.14. The maximum atomic E-state index is 12.7. The molecule has 2 aromatic carbocycles. The van der Waals surface area contributed by atoms with E-state index in [1.54, 1.807) is 24.6 Å². The van der Waals surface area contributed by atoms with E-state index >= 15 is 0 Å². The molecule has 5 nitrogen and oxygen atoms in total. The monoisotopic (exact) mass is 435 g/mol. The summed E-state index contributed by atoms with van der Waals surface area (Å²) in [6.07, 6.45) is 0. The Morgan fingerprint density at radius 3 is 2.56 bits per heavy atom. The van der Waals surface area contributed by atoms with Crippen LogP contribution in [0.15, 0.2) is 53.0 Å². The summed E-state index contributed by atoms with van der Waals surface area (Å²) in [5.74, 6) is -0.399. The highest BCUT2D eigenvalue weighted by atomic mass is 79.9. The summed E-state index contributed by atoms with van der Waals surface area (Å²) in [4.78, 5) is 12.7. The Bertz CT molecular complexity index is 972. The molecule has 0 saturated carbocycles. The fraction of sp³-hybridized carbons (Fsp3) is 0.158. The van der Waals surface area contributed by atoms with E-state index in [9.17, 15) is 13.6 Å². The minimum atomic E-state index is -2.93. The Hall–Kier alpha value is -2.74. The molecular formula is C19H16BrF2N3O2. The van der Waals surface area contributed by atoms with Crippen molar-refractivity contribution < 1.29 is 18.3 Å². The largest absolute Gasteiger partial charge is 0.435 e. The predicted molar refractivity (Wildman–Crippen MR) is 102 cm³/mol. The van der Waals surface area contributed by atoms with Crippen molar-refractivity contribution in [2.75, 3.05) is 5.32 Å². The molecule has 0 aliphatic rings. The number of nitrogens with zero attached hydrogens (tertiary/aromatic N) is 2. The number of ether oxygens (including phenoxy) is 1.